The zero-order valence-corrected chi connectivity index (χ0v) is 25.2. The van der Waals surface area contributed by atoms with Gasteiger partial charge in [-0.25, -0.2) is 14.3 Å². The fourth-order valence-electron chi connectivity index (χ4n) is 5.30. The molecule has 0 amide bonds. The van der Waals surface area contributed by atoms with Crippen LogP contribution in [0, 0.1) is 26.7 Å². The molecule has 9 nitrogen and oxygen atoms in total. The van der Waals surface area contributed by atoms with Crippen molar-refractivity contribution in [1.29, 1.82) is 0 Å². The summed E-state index contributed by atoms with van der Waals surface area (Å²) in [4.78, 5) is 10.0. The van der Waals surface area contributed by atoms with Gasteiger partial charge >= 0.3 is 0 Å². The fraction of sp³-hybridized carbons (Fsp3) is 0.533. The number of rotatable bonds is 12. The number of benzene rings is 1. The van der Waals surface area contributed by atoms with Crippen LogP contribution in [0.4, 0.5) is 0 Å². The van der Waals surface area contributed by atoms with Gasteiger partial charge in [0.1, 0.15) is 24.2 Å². The van der Waals surface area contributed by atoms with E-state index in [9.17, 15) is 9.32 Å². The summed E-state index contributed by atoms with van der Waals surface area (Å²) in [5.74, 6) is 6.99. The van der Waals surface area contributed by atoms with Crippen molar-refractivity contribution < 1.29 is 18.6 Å². The molecule has 1 fully saturated rings. The Hall–Kier alpha value is -2.79. The largest absolute Gasteiger partial charge is 0.491 e. The van der Waals surface area contributed by atoms with Crippen molar-refractivity contribution in [3.05, 3.63) is 47.0 Å². The number of aryl methyl sites for hydroxylation is 3. The maximum Gasteiger partial charge on any atom is 0.160 e. The van der Waals surface area contributed by atoms with Crippen molar-refractivity contribution >= 4 is 15.6 Å². The van der Waals surface area contributed by atoms with Crippen molar-refractivity contribution in [2.45, 2.75) is 59.5 Å². The molecule has 1 aliphatic heterocycles. The van der Waals surface area contributed by atoms with E-state index in [1.807, 2.05) is 45.0 Å². The Labute approximate surface area is 238 Å². The van der Waals surface area contributed by atoms with Gasteiger partial charge in [0, 0.05) is 46.4 Å². The van der Waals surface area contributed by atoms with E-state index in [0.29, 0.717) is 29.8 Å². The number of nitrogens with one attached hydrogen (secondary N) is 1. The van der Waals surface area contributed by atoms with E-state index in [1.54, 1.807) is 7.05 Å². The lowest BCUT2D eigenvalue weighted by Gasteiger charge is -2.34. The topological polar surface area (TPSA) is 114 Å². The van der Waals surface area contributed by atoms with E-state index >= 15 is 0 Å². The van der Waals surface area contributed by atoms with Gasteiger partial charge in [0.15, 0.2) is 5.82 Å². The second kappa shape index (κ2) is 13.2. The average Bonchev–Trinajstić information content (AvgIpc) is 3.29. The summed E-state index contributed by atoms with van der Waals surface area (Å²) in [6, 6.07) is 7.66. The average molecular weight is 570 g/mol. The van der Waals surface area contributed by atoms with Crippen LogP contribution in [0.25, 0.3) is 22.6 Å². The molecule has 0 bridgehead atoms. The number of hydrogen-bond acceptors (Lipinski definition) is 8. The molecule has 1 aromatic carbocycles. The first-order valence-corrected chi connectivity index (χ1v) is 15.9. The van der Waals surface area contributed by atoms with Gasteiger partial charge in [-0.3, -0.25) is 4.21 Å². The third-order valence-electron chi connectivity index (χ3n) is 7.68. The van der Waals surface area contributed by atoms with Gasteiger partial charge in [-0.1, -0.05) is 24.2 Å². The van der Waals surface area contributed by atoms with Crippen LogP contribution in [-0.4, -0.2) is 79.8 Å². The monoisotopic (exact) mass is 569 g/mol. The summed E-state index contributed by atoms with van der Waals surface area (Å²) in [6.07, 6.45) is 3.27. The summed E-state index contributed by atoms with van der Waals surface area (Å²) in [7, 11) is -0.399. The SMILES string of the molecule is C=S(=O)(CC)N1CCCC(CCc2nc(-c3cccc(OCC(O)CNC)c3)nc(-c3c(C)noc3C)c2C)C1. The third-order valence-corrected chi connectivity index (χ3v) is 9.86. The summed E-state index contributed by atoms with van der Waals surface area (Å²) in [6.45, 7) is 10.1. The highest BCUT2D eigenvalue weighted by Crippen LogP contribution is 2.33. The molecule has 3 unspecified atom stereocenters. The number of piperidine rings is 1. The Morgan fingerprint density at radius 2 is 2.10 bits per heavy atom. The smallest absolute Gasteiger partial charge is 0.160 e. The molecule has 218 valence electrons. The molecule has 2 aromatic heterocycles. The summed E-state index contributed by atoms with van der Waals surface area (Å²) in [5, 5.41) is 17.2. The van der Waals surface area contributed by atoms with Crippen molar-refractivity contribution in [3.8, 4) is 28.4 Å². The first-order chi connectivity index (χ1) is 19.1. The first-order valence-electron chi connectivity index (χ1n) is 14.1. The molecule has 10 heteroatoms. The molecule has 4 rings (SSSR count). The number of likely N-dealkylation sites (N-methyl/N-ethyl adjacent to an activating group) is 1. The number of aromatic nitrogens is 3. The van der Waals surface area contributed by atoms with Crippen molar-refractivity contribution in [2.75, 3.05) is 39.0 Å². The minimum Gasteiger partial charge on any atom is -0.491 e. The minimum absolute atomic E-state index is 0.185. The van der Waals surface area contributed by atoms with E-state index < -0.39 is 15.8 Å². The van der Waals surface area contributed by atoms with E-state index in [-0.39, 0.29) is 6.61 Å². The van der Waals surface area contributed by atoms with Crippen LogP contribution in [0.5, 0.6) is 5.75 Å². The second-order valence-electron chi connectivity index (χ2n) is 10.7. The first kappa shape index (κ1) is 30.2. The molecule has 0 aliphatic carbocycles. The normalized spacial score (nSPS) is 18.4. The standard InChI is InChI=1S/C30H43N5O4S/c1-7-40(6,37)35-15-9-10-23(18-35)13-14-27-20(2)29(28-21(3)34-39-22(28)4)33-30(32-27)24-11-8-12-26(16-24)38-19-25(36)17-31-5/h8,11-12,16,23,25,31,36H,6-7,9-10,13-15,17-19H2,1-5H3. The molecule has 2 N–H and O–H groups in total. The molecule has 1 aliphatic rings. The number of ether oxygens (including phenoxy) is 1. The van der Waals surface area contributed by atoms with E-state index in [2.05, 4.69) is 27.6 Å². The molecule has 3 heterocycles. The Kier molecular flexibility index (Phi) is 9.99. The quantitative estimate of drug-likeness (QED) is 0.315. The number of aliphatic hydroxyl groups excluding tert-OH is 1. The lowest BCUT2D eigenvalue weighted by atomic mass is 9.92. The molecular formula is C30H43N5O4S. The predicted molar refractivity (Wildman–Crippen MR) is 161 cm³/mol. The van der Waals surface area contributed by atoms with Crippen molar-refractivity contribution in [2.24, 2.45) is 5.92 Å². The molecular weight excluding hydrogens is 526 g/mol. The third kappa shape index (κ3) is 7.09. The number of hydrogen-bond donors (Lipinski definition) is 2. The van der Waals surface area contributed by atoms with Crippen LogP contribution in [0.3, 0.4) is 0 Å². The minimum atomic E-state index is -2.19. The second-order valence-corrected chi connectivity index (χ2v) is 13.4. The predicted octanol–water partition coefficient (Wildman–Crippen LogP) is 3.98. The van der Waals surface area contributed by atoms with Crippen LogP contribution < -0.4 is 10.1 Å². The molecule has 0 spiro atoms. The summed E-state index contributed by atoms with van der Waals surface area (Å²) >= 11 is 0. The van der Waals surface area contributed by atoms with Gasteiger partial charge < -0.3 is 19.7 Å². The van der Waals surface area contributed by atoms with Crippen molar-refractivity contribution in [3.63, 3.8) is 0 Å². The lowest BCUT2D eigenvalue weighted by Crippen LogP contribution is -2.40. The zero-order valence-electron chi connectivity index (χ0n) is 24.4. The Bertz CT molecular complexity index is 1390. The molecule has 1 saturated heterocycles. The number of aliphatic hydroxyl groups is 1. The van der Waals surface area contributed by atoms with Crippen LogP contribution in [0.1, 0.15) is 48.9 Å². The highest BCUT2D eigenvalue weighted by atomic mass is 32.2. The number of nitrogens with zero attached hydrogens (tertiary/aromatic N) is 4. The van der Waals surface area contributed by atoms with Crippen LogP contribution in [-0.2, 0) is 16.1 Å². The molecule has 3 aromatic rings. The fourth-order valence-corrected chi connectivity index (χ4v) is 6.61. The van der Waals surface area contributed by atoms with Crippen LogP contribution in [0.15, 0.2) is 28.8 Å². The highest BCUT2D eigenvalue weighted by Gasteiger charge is 2.26. The van der Waals surface area contributed by atoms with Gasteiger partial charge in [-0.05, 0) is 83.0 Å². The van der Waals surface area contributed by atoms with E-state index in [1.165, 1.54) is 0 Å². The van der Waals surface area contributed by atoms with Crippen LogP contribution >= 0.6 is 0 Å². The Morgan fingerprint density at radius 3 is 2.80 bits per heavy atom. The Balaban J connectivity index is 1.64. The summed E-state index contributed by atoms with van der Waals surface area (Å²) in [5.41, 5.74) is 5.34. The maximum atomic E-state index is 12.9. The molecule has 40 heavy (non-hydrogen) atoms. The molecule has 0 saturated carbocycles. The van der Waals surface area contributed by atoms with Gasteiger partial charge in [0.2, 0.25) is 0 Å². The van der Waals surface area contributed by atoms with E-state index in [4.69, 9.17) is 19.2 Å². The van der Waals surface area contributed by atoms with Gasteiger partial charge in [0.05, 0.1) is 17.0 Å². The summed E-state index contributed by atoms with van der Waals surface area (Å²) < 4.78 is 26.4. The molecule has 0 radical (unpaired) electrons. The maximum absolute atomic E-state index is 12.9. The van der Waals surface area contributed by atoms with Gasteiger partial charge in [-0.15, -0.1) is 0 Å². The Morgan fingerprint density at radius 1 is 1.30 bits per heavy atom. The highest BCUT2D eigenvalue weighted by molar-refractivity contribution is 7.98. The van der Waals surface area contributed by atoms with Crippen molar-refractivity contribution in [1.82, 2.24) is 24.7 Å². The molecule has 3 atom stereocenters. The lowest BCUT2D eigenvalue weighted by molar-refractivity contribution is 0.108. The van der Waals surface area contributed by atoms with Gasteiger partial charge in [0.25, 0.3) is 0 Å². The zero-order chi connectivity index (χ0) is 28.9. The van der Waals surface area contributed by atoms with E-state index in [0.717, 1.165) is 78.3 Å². The van der Waals surface area contributed by atoms with Crippen LogP contribution in [0.2, 0.25) is 0 Å². The van der Waals surface area contributed by atoms with Gasteiger partial charge in [-0.2, -0.15) is 0 Å².